The van der Waals surface area contributed by atoms with Crippen molar-refractivity contribution in [3.63, 3.8) is 0 Å². The standard InChI is InChI=1S/C29H28F6N4OS/c1-3-16-15-39-9-7-17(16)10-25(39)26(22-6-8-36-24-5-4-21(40-2)14-23(22)24)38-27(41)37-20-12-18(28(30,31)32)11-19(13-20)29(33,34)35/h3-6,8,11-14,16-17,25-26H,1,7,9-10,15H2,2H3,(H2,37,38,41)/t16?,17?,25-,26+/m0/s1. The largest absolute Gasteiger partial charge is 0.497 e. The van der Waals surface area contributed by atoms with Crippen LogP contribution in [0.1, 0.15) is 35.6 Å². The van der Waals surface area contributed by atoms with Gasteiger partial charge in [-0.05, 0) is 91.5 Å². The van der Waals surface area contributed by atoms with Crippen molar-refractivity contribution in [1.82, 2.24) is 15.2 Å². The first-order valence-corrected chi connectivity index (χ1v) is 13.4. The van der Waals surface area contributed by atoms with Gasteiger partial charge in [0.1, 0.15) is 5.75 Å². The third-order valence-corrected chi connectivity index (χ3v) is 8.21. The molecule has 1 aromatic heterocycles. The first-order chi connectivity index (χ1) is 19.4. The second kappa shape index (κ2) is 11.1. The number of methoxy groups -OCH3 is 1. The van der Waals surface area contributed by atoms with E-state index in [0.717, 1.165) is 36.9 Å². The molecule has 6 rings (SSSR count). The molecule has 3 unspecified atom stereocenters. The fraction of sp³-hybridized carbons (Fsp3) is 0.379. The third-order valence-electron chi connectivity index (χ3n) is 7.99. The molecule has 3 saturated heterocycles. The van der Waals surface area contributed by atoms with E-state index in [4.69, 9.17) is 17.0 Å². The number of nitrogens with zero attached hydrogens (tertiary/aromatic N) is 2. The van der Waals surface area contributed by atoms with Crippen LogP contribution in [-0.2, 0) is 12.4 Å². The summed E-state index contributed by atoms with van der Waals surface area (Å²) in [5, 5.41) is 6.52. The zero-order chi connectivity index (χ0) is 29.5. The predicted molar refractivity (Wildman–Crippen MR) is 149 cm³/mol. The highest BCUT2D eigenvalue weighted by molar-refractivity contribution is 7.80. The average Bonchev–Trinajstić information content (AvgIpc) is 2.94. The summed E-state index contributed by atoms with van der Waals surface area (Å²) in [6.07, 6.45) is -4.48. The molecule has 0 amide bonds. The number of piperidine rings is 3. The predicted octanol–water partition coefficient (Wildman–Crippen LogP) is 7.21. The van der Waals surface area contributed by atoms with Gasteiger partial charge in [-0.3, -0.25) is 9.88 Å². The Bertz CT molecular complexity index is 1430. The molecule has 0 radical (unpaired) electrons. The van der Waals surface area contributed by atoms with Crippen LogP contribution in [0.25, 0.3) is 10.9 Å². The highest BCUT2D eigenvalue weighted by Gasteiger charge is 2.43. The Morgan fingerprint density at radius 3 is 2.39 bits per heavy atom. The molecule has 0 aliphatic carbocycles. The number of hydrogen-bond donors (Lipinski definition) is 2. The zero-order valence-electron chi connectivity index (χ0n) is 22.0. The summed E-state index contributed by atoms with van der Waals surface area (Å²) in [5.41, 5.74) is -1.71. The van der Waals surface area contributed by atoms with E-state index >= 15 is 0 Å². The number of aromatic nitrogens is 1. The van der Waals surface area contributed by atoms with Gasteiger partial charge >= 0.3 is 12.4 Å². The van der Waals surface area contributed by atoms with E-state index < -0.39 is 35.2 Å². The second-order valence-corrected chi connectivity index (χ2v) is 10.8. The van der Waals surface area contributed by atoms with Crippen molar-refractivity contribution in [3.05, 3.63) is 78.0 Å². The van der Waals surface area contributed by atoms with Gasteiger partial charge in [0, 0.05) is 29.9 Å². The van der Waals surface area contributed by atoms with Crippen molar-refractivity contribution >= 4 is 33.9 Å². The Morgan fingerprint density at radius 1 is 1.10 bits per heavy atom. The van der Waals surface area contributed by atoms with Gasteiger partial charge in [0.15, 0.2) is 5.11 Å². The van der Waals surface area contributed by atoms with Crippen molar-refractivity contribution < 1.29 is 31.1 Å². The molecule has 3 fully saturated rings. The molecule has 2 aromatic carbocycles. The molecule has 0 saturated carbocycles. The van der Waals surface area contributed by atoms with Crippen LogP contribution >= 0.6 is 12.2 Å². The van der Waals surface area contributed by atoms with E-state index in [-0.39, 0.29) is 17.2 Å². The average molecular weight is 595 g/mol. The quantitative estimate of drug-likeness (QED) is 0.179. The maximum Gasteiger partial charge on any atom is 0.416 e. The Kier molecular flexibility index (Phi) is 7.90. The molecule has 3 aromatic rings. The summed E-state index contributed by atoms with van der Waals surface area (Å²) >= 11 is 5.50. The minimum Gasteiger partial charge on any atom is -0.497 e. The highest BCUT2D eigenvalue weighted by atomic mass is 32.1. The Labute approximate surface area is 238 Å². The number of benzene rings is 2. The SMILES string of the molecule is C=CC1CN2CCC1C[C@H]2[C@H](NC(=S)Nc1cc(C(F)(F)F)cc(C(F)(F)F)c1)c1ccnc2ccc(OC)cc12. The monoisotopic (exact) mass is 594 g/mol. The number of fused-ring (bicyclic) bond motifs is 4. The third kappa shape index (κ3) is 6.13. The van der Waals surface area contributed by atoms with E-state index in [0.29, 0.717) is 35.2 Å². The van der Waals surface area contributed by atoms with E-state index in [2.05, 4.69) is 27.1 Å². The van der Waals surface area contributed by atoms with Gasteiger partial charge < -0.3 is 15.4 Å². The van der Waals surface area contributed by atoms with Gasteiger partial charge in [0.2, 0.25) is 0 Å². The lowest BCUT2D eigenvalue weighted by Gasteiger charge is -2.52. The van der Waals surface area contributed by atoms with Crippen molar-refractivity contribution in [3.8, 4) is 5.75 Å². The number of anilines is 1. The number of nitrogens with one attached hydrogen (secondary N) is 2. The van der Waals surface area contributed by atoms with Crippen LogP contribution < -0.4 is 15.4 Å². The molecule has 41 heavy (non-hydrogen) atoms. The van der Waals surface area contributed by atoms with Gasteiger partial charge in [-0.15, -0.1) is 6.58 Å². The fourth-order valence-corrected chi connectivity index (χ4v) is 6.23. The van der Waals surface area contributed by atoms with E-state index in [1.807, 2.05) is 24.3 Å². The van der Waals surface area contributed by atoms with E-state index in [9.17, 15) is 26.3 Å². The van der Waals surface area contributed by atoms with Gasteiger partial charge in [-0.25, -0.2) is 0 Å². The van der Waals surface area contributed by atoms with Crippen LogP contribution in [0.4, 0.5) is 32.0 Å². The summed E-state index contributed by atoms with van der Waals surface area (Å²) in [6.45, 7) is 5.63. The van der Waals surface area contributed by atoms with Gasteiger partial charge in [-0.1, -0.05) is 6.08 Å². The maximum atomic E-state index is 13.4. The molecular formula is C29H28F6N4OS. The lowest BCUT2D eigenvalue weighted by Crippen LogP contribution is -2.57. The molecular weight excluding hydrogens is 566 g/mol. The molecule has 2 N–H and O–H groups in total. The van der Waals surface area contributed by atoms with Crippen LogP contribution in [0.3, 0.4) is 0 Å². The minimum absolute atomic E-state index is 0.0475. The van der Waals surface area contributed by atoms with Crippen LogP contribution in [0.2, 0.25) is 0 Å². The normalized spacial score (nSPS) is 23.2. The number of hydrogen-bond acceptors (Lipinski definition) is 4. The lowest BCUT2D eigenvalue weighted by atomic mass is 9.73. The fourth-order valence-electron chi connectivity index (χ4n) is 5.99. The molecule has 0 spiro atoms. The van der Waals surface area contributed by atoms with Crippen molar-refractivity contribution in [1.29, 1.82) is 0 Å². The Hall–Kier alpha value is -3.38. The summed E-state index contributed by atoms with van der Waals surface area (Å²) in [7, 11) is 1.55. The Balaban J connectivity index is 1.51. The molecule has 2 bridgehead atoms. The summed E-state index contributed by atoms with van der Waals surface area (Å²) in [5.74, 6) is 1.35. The van der Waals surface area contributed by atoms with Crippen molar-refractivity contribution in [2.24, 2.45) is 11.8 Å². The highest BCUT2D eigenvalue weighted by Crippen LogP contribution is 2.43. The second-order valence-electron chi connectivity index (χ2n) is 10.4. The van der Waals surface area contributed by atoms with Crippen LogP contribution in [0, 0.1) is 11.8 Å². The number of alkyl halides is 6. The van der Waals surface area contributed by atoms with Gasteiger partial charge in [-0.2, -0.15) is 26.3 Å². The number of thiocarbonyl (C=S) groups is 1. The molecule has 3 aliphatic rings. The van der Waals surface area contributed by atoms with Gasteiger partial charge in [0.05, 0.1) is 29.8 Å². The molecule has 5 nitrogen and oxygen atoms in total. The van der Waals surface area contributed by atoms with Crippen LogP contribution in [0.15, 0.2) is 61.3 Å². The topological polar surface area (TPSA) is 49.4 Å². The van der Waals surface area contributed by atoms with Crippen LogP contribution in [0.5, 0.6) is 5.75 Å². The maximum absolute atomic E-state index is 13.4. The van der Waals surface area contributed by atoms with Gasteiger partial charge in [0.25, 0.3) is 0 Å². The molecule has 4 heterocycles. The number of halogens is 6. The minimum atomic E-state index is -4.97. The number of ether oxygens (including phenoxy) is 1. The lowest BCUT2D eigenvalue weighted by molar-refractivity contribution is -0.143. The summed E-state index contributed by atoms with van der Waals surface area (Å²) in [4.78, 5) is 6.80. The number of rotatable bonds is 6. The Morgan fingerprint density at radius 2 is 1.80 bits per heavy atom. The van der Waals surface area contributed by atoms with Crippen molar-refractivity contribution in [2.75, 3.05) is 25.5 Å². The smallest absolute Gasteiger partial charge is 0.416 e. The van der Waals surface area contributed by atoms with E-state index in [1.54, 1.807) is 19.4 Å². The van der Waals surface area contributed by atoms with E-state index in [1.165, 1.54) is 0 Å². The molecule has 3 aliphatic heterocycles. The first-order valence-electron chi connectivity index (χ1n) is 13.0. The molecule has 12 heteroatoms. The number of pyridine rings is 1. The molecule has 5 atom stereocenters. The summed E-state index contributed by atoms with van der Waals surface area (Å²) < 4.78 is 86.0. The summed E-state index contributed by atoms with van der Waals surface area (Å²) in [6, 6.07) is 8.15. The van der Waals surface area contributed by atoms with Crippen LogP contribution in [-0.4, -0.2) is 41.2 Å². The molecule has 218 valence electrons. The zero-order valence-corrected chi connectivity index (χ0v) is 22.8. The first kappa shape index (κ1) is 29.1. The van der Waals surface area contributed by atoms with Crippen molar-refractivity contribution in [2.45, 2.75) is 37.3 Å².